The highest BCUT2D eigenvalue weighted by Crippen LogP contribution is 2.22. The average Bonchev–Trinajstić information content (AvgIpc) is 3.67. The van der Waals surface area contributed by atoms with Crippen molar-refractivity contribution in [2.45, 2.75) is 82.3 Å². The topological polar surface area (TPSA) is 95.6 Å². The number of carbonyl (C=O) groups excluding carboxylic acids is 2. The SMILES string of the molecule is CCCCCNC(=O)C(C)N(Cc1ccccc1)C(=O)CCc1ccc(S(=O)(=O)NC2CC2)cc1. The Hall–Kier alpha value is -2.71. The summed E-state index contributed by atoms with van der Waals surface area (Å²) in [4.78, 5) is 27.9. The van der Waals surface area contributed by atoms with Crippen LogP contribution in [0.15, 0.2) is 59.5 Å². The molecule has 8 heteroatoms. The Balaban J connectivity index is 1.62. The molecule has 1 fully saturated rings. The van der Waals surface area contributed by atoms with Gasteiger partial charge in [0.25, 0.3) is 0 Å². The quantitative estimate of drug-likeness (QED) is 0.387. The highest BCUT2D eigenvalue weighted by Gasteiger charge is 2.28. The van der Waals surface area contributed by atoms with E-state index in [1.54, 1.807) is 36.1 Å². The lowest BCUT2D eigenvalue weighted by atomic mass is 10.1. The zero-order chi connectivity index (χ0) is 25.3. The van der Waals surface area contributed by atoms with Gasteiger partial charge in [-0.05, 0) is 55.9 Å². The van der Waals surface area contributed by atoms with Crippen LogP contribution in [-0.2, 0) is 32.6 Å². The van der Waals surface area contributed by atoms with Crippen molar-refractivity contribution < 1.29 is 18.0 Å². The van der Waals surface area contributed by atoms with Crippen molar-refractivity contribution in [3.63, 3.8) is 0 Å². The number of benzene rings is 2. The summed E-state index contributed by atoms with van der Waals surface area (Å²) in [5.41, 5.74) is 1.84. The zero-order valence-electron chi connectivity index (χ0n) is 20.7. The van der Waals surface area contributed by atoms with Gasteiger partial charge in [0.15, 0.2) is 0 Å². The zero-order valence-corrected chi connectivity index (χ0v) is 21.5. The molecular formula is C27H37N3O4S. The third-order valence-electron chi connectivity index (χ3n) is 6.20. The maximum absolute atomic E-state index is 13.2. The number of sulfonamides is 1. The number of hydrogen-bond donors (Lipinski definition) is 2. The van der Waals surface area contributed by atoms with E-state index in [1.165, 1.54) is 0 Å². The lowest BCUT2D eigenvalue weighted by molar-refractivity contribution is -0.140. The van der Waals surface area contributed by atoms with Gasteiger partial charge < -0.3 is 10.2 Å². The standard InChI is InChI=1S/C27H37N3O4S/c1-3-4-8-19-28-27(32)21(2)30(20-23-9-6-5-7-10-23)26(31)18-13-22-11-16-25(17-12-22)35(33,34)29-24-14-15-24/h5-7,9-12,16-17,21,24,29H,3-4,8,13-15,18-20H2,1-2H3,(H,28,32). The second-order valence-electron chi connectivity index (χ2n) is 9.22. The van der Waals surface area contributed by atoms with E-state index >= 15 is 0 Å². The average molecular weight is 500 g/mol. The van der Waals surface area contributed by atoms with Crippen molar-refractivity contribution in [1.82, 2.24) is 14.9 Å². The van der Waals surface area contributed by atoms with E-state index in [-0.39, 0.29) is 29.2 Å². The molecule has 2 amide bonds. The molecule has 2 aromatic carbocycles. The first-order chi connectivity index (χ1) is 16.8. The van der Waals surface area contributed by atoms with Crippen LogP contribution in [0.25, 0.3) is 0 Å². The van der Waals surface area contributed by atoms with Gasteiger partial charge in [-0.2, -0.15) is 0 Å². The third-order valence-corrected chi connectivity index (χ3v) is 7.74. The van der Waals surface area contributed by atoms with Crippen LogP contribution >= 0.6 is 0 Å². The lowest BCUT2D eigenvalue weighted by Crippen LogP contribution is -2.47. The van der Waals surface area contributed by atoms with E-state index in [0.29, 0.717) is 19.5 Å². The number of rotatable bonds is 14. The van der Waals surface area contributed by atoms with Gasteiger partial charge in [-0.3, -0.25) is 9.59 Å². The van der Waals surface area contributed by atoms with E-state index in [0.717, 1.165) is 43.2 Å². The van der Waals surface area contributed by atoms with Gasteiger partial charge in [-0.1, -0.05) is 62.2 Å². The van der Waals surface area contributed by atoms with E-state index in [4.69, 9.17) is 0 Å². The van der Waals surface area contributed by atoms with Crippen LogP contribution in [0.5, 0.6) is 0 Å². The van der Waals surface area contributed by atoms with Gasteiger partial charge in [0.2, 0.25) is 21.8 Å². The van der Waals surface area contributed by atoms with Crippen molar-refractivity contribution in [2.75, 3.05) is 6.54 Å². The van der Waals surface area contributed by atoms with Crippen molar-refractivity contribution in [3.05, 3.63) is 65.7 Å². The van der Waals surface area contributed by atoms with E-state index < -0.39 is 16.1 Å². The molecule has 190 valence electrons. The molecule has 1 unspecified atom stereocenters. The number of carbonyl (C=O) groups is 2. The fourth-order valence-electron chi connectivity index (χ4n) is 3.82. The minimum absolute atomic E-state index is 0.0544. The Labute approximate surface area is 209 Å². The Kier molecular flexibility index (Phi) is 9.86. The molecule has 0 radical (unpaired) electrons. The van der Waals surface area contributed by atoms with Gasteiger partial charge >= 0.3 is 0 Å². The Morgan fingerprint density at radius 3 is 2.31 bits per heavy atom. The van der Waals surface area contributed by atoms with E-state index in [2.05, 4.69) is 17.0 Å². The monoisotopic (exact) mass is 499 g/mol. The predicted octanol–water partition coefficient (Wildman–Crippen LogP) is 3.78. The second kappa shape index (κ2) is 12.8. The first-order valence-corrected chi connectivity index (χ1v) is 14.0. The Bertz CT molecular complexity index is 1070. The summed E-state index contributed by atoms with van der Waals surface area (Å²) in [6.45, 7) is 4.84. The molecule has 2 N–H and O–H groups in total. The Morgan fingerprint density at radius 2 is 1.69 bits per heavy atom. The number of nitrogens with one attached hydrogen (secondary N) is 2. The molecule has 1 aliphatic carbocycles. The molecule has 1 saturated carbocycles. The molecule has 0 saturated heterocycles. The van der Waals surface area contributed by atoms with Crippen LogP contribution in [0.4, 0.5) is 0 Å². The summed E-state index contributed by atoms with van der Waals surface area (Å²) in [6, 6.07) is 15.8. The van der Waals surface area contributed by atoms with Crippen LogP contribution in [0, 0.1) is 0 Å². The van der Waals surface area contributed by atoms with Gasteiger partial charge in [0.1, 0.15) is 6.04 Å². The summed E-state index contributed by atoms with van der Waals surface area (Å²) < 4.78 is 27.4. The van der Waals surface area contributed by atoms with Crippen molar-refractivity contribution >= 4 is 21.8 Å². The van der Waals surface area contributed by atoms with Gasteiger partial charge in [-0.15, -0.1) is 0 Å². The largest absolute Gasteiger partial charge is 0.354 e. The van der Waals surface area contributed by atoms with Crippen LogP contribution < -0.4 is 10.0 Å². The Morgan fingerprint density at radius 1 is 1.00 bits per heavy atom. The van der Waals surface area contributed by atoms with Crippen LogP contribution in [0.3, 0.4) is 0 Å². The summed E-state index contributed by atoms with van der Waals surface area (Å²) in [7, 11) is -3.50. The summed E-state index contributed by atoms with van der Waals surface area (Å²) >= 11 is 0. The van der Waals surface area contributed by atoms with Crippen molar-refractivity contribution in [1.29, 1.82) is 0 Å². The molecule has 0 spiro atoms. The minimum Gasteiger partial charge on any atom is -0.354 e. The van der Waals surface area contributed by atoms with Gasteiger partial charge in [-0.25, -0.2) is 13.1 Å². The third kappa shape index (κ3) is 8.47. The molecule has 0 aromatic heterocycles. The second-order valence-corrected chi connectivity index (χ2v) is 10.9. The highest BCUT2D eigenvalue weighted by atomic mass is 32.2. The normalized spacial score (nSPS) is 14.3. The molecule has 7 nitrogen and oxygen atoms in total. The molecule has 1 aliphatic rings. The van der Waals surface area contributed by atoms with Crippen molar-refractivity contribution in [3.8, 4) is 0 Å². The summed E-state index contributed by atoms with van der Waals surface area (Å²) in [5.74, 6) is -0.264. The number of nitrogens with zero attached hydrogens (tertiary/aromatic N) is 1. The maximum atomic E-state index is 13.2. The van der Waals surface area contributed by atoms with Gasteiger partial charge in [0, 0.05) is 25.6 Å². The molecule has 0 aliphatic heterocycles. The maximum Gasteiger partial charge on any atom is 0.242 e. The molecule has 0 bridgehead atoms. The molecule has 2 aromatic rings. The molecule has 0 heterocycles. The highest BCUT2D eigenvalue weighted by molar-refractivity contribution is 7.89. The summed E-state index contributed by atoms with van der Waals surface area (Å²) in [5, 5.41) is 2.95. The molecular weight excluding hydrogens is 462 g/mol. The van der Waals surface area contributed by atoms with Crippen LogP contribution in [-0.4, -0.2) is 43.8 Å². The minimum atomic E-state index is -3.50. The number of hydrogen-bond acceptors (Lipinski definition) is 4. The van der Waals surface area contributed by atoms with E-state index in [1.807, 2.05) is 30.3 Å². The lowest BCUT2D eigenvalue weighted by Gasteiger charge is -2.29. The smallest absolute Gasteiger partial charge is 0.242 e. The van der Waals surface area contributed by atoms with Crippen molar-refractivity contribution in [2.24, 2.45) is 0 Å². The summed E-state index contributed by atoms with van der Waals surface area (Å²) in [6.07, 6.45) is 5.51. The predicted molar refractivity (Wildman–Crippen MR) is 137 cm³/mol. The molecule has 1 atom stereocenters. The molecule has 35 heavy (non-hydrogen) atoms. The fraction of sp³-hybridized carbons (Fsp3) is 0.481. The first-order valence-electron chi connectivity index (χ1n) is 12.5. The van der Waals surface area contributed by atoms with Gasteiger partial charge in [0.05, 0.1) is 4.90 Å². The van der Waals surface area contributed by atoms with Crippen LogP contribution in [0.1, 0.15) is 63.5 Å². The number of amides is 2. The van der Waals surface area contributed by atoms with E-state index in [9.17, 15) is 18.0 Å². The van der Waals surface area contributed by atoms with Crippen LogP contribution in [0.2, 0.25) is 0 Å². The molecule has 3 rings (SSSR count). The number of unbranched alkanes of at least 4 members (excludes halogenated alkanes) is 2. The first kappa shape index (κ1) is 26.9. The number of aryl methyl sites for hydroxylation is 1. The fourth-order valence-corrected chi connectivity index (χ4v) is 5.12.